The van der Waals surface area contributed by atoms with Crippen LogP contribution in [0, 0.1) is 11.3 Å². The lowest BCUT2D eigenvalue weighted by atomic mass is 10.1. The molecule has 0 amide bonds. The van der Waals surface area contributed by atoms with Gasteiger partial charge in [0, 0.05) is 5.39 Å². The molecule has 84 valence electrons. The summed E-state index contributed by atoms with van der Waals surface area (Å²) < 4.78 is 5.14. The van der Waals surface area contributed by atoms with Crippen LogP contribution in [-0.4, -0.2) is 23.4 Å². The van der Waals surface area contributed by atoms with Gasteiger partial charge in [-0.2, -0.15) is 5.26 Å². The van der Waals surface area contributed by atoms with Crippen molar-refractivity contribution in [2.24, 2.45) is 0 Å². The van der Waals surface area contributed by atoms with E-state index in [1.807, 2.05) is 30.3 Å². The summed E-state index contributed by atoms with van der Waals surface area (Å²) >= 11 is 1.69. The van der Waals surface area contributed by atoms with Crippen molar-refractivity contribution in [1.29, 1.82) is 5.26 Å². The largest absolute Gasteiger partial charge is 0.379 e. The molecule has 0 unspecified atom stereocenters. The minimum atomic E-state index is 0.482. The van der Waals surface area contributed by atoms with Crippen molar-refractivity contribution in [2.45, 2.75) is 10.3 Å². The summed E-state index contributed by atoms with van der Waals surface area (Å²) in [5.41, 5.74) is 1.58. The number of aromatic nitrogens is 1. The highest BCUT2D eigenvalue weighted by molar-refractivity contribution is 8.00. The number of hydrogen-bond acceptors (Lipinski definition) is 4. The number of ether oxygens (including phenoxy) is 1. The molecule has 0 atom stereocenters. The number of nitrogens with zero attached hydrogens (tertiary/aromatic N) is 2. The van der Waals surface area contributed by atoms with Gasteiger partial charge in [0.05, 0.1) is 40.6 Å². The molecule has 17 heavy (non-hydrogen) atoms. The molecule has 1 aromatic heterocycles. The van der Waals surface area contributed by atoms with Crippen molar-refractivity contribution in [2.75, 3.05) is 13.2 Å². The average molecular weight is 242 g/mol. The third-order valence-corrected chi connectivity index (χ3v) is 3.76. The van der Waals surface area contributed by atoms with Gasteiger partial charge in [-0.1, -0.05) is 30.0 Å². The Morgan fingerprint density at radius 1 is 1.35 bits per heavy atom. The molecule has 0 bridgehead atoms. The fraction of sp³-hybridized carbons (Fsp3) is 0.231. The Hall–Kier alpha value is -1.57. The van der Waals surface area contributed by atoms with Crippen LogP contribution in [0.25, 0.3) is 10.9 Å². The summed E-state index contributed by atoms with van der Waals surface area (Å²) in [6, 6.07) is 11.8. The molecule has 1 saturated heterocycles. The highest BCUT2D eigenvalue weighted by atomic mass is 32.2. The topological polar surface area (TPSA) is 45.9 Å². The van der Waals surface area contributed by atoms with Crippen LogP contribution in [-0.2, 0) is 4.74 Å². The van der Waals surface area contributed by atoms with Gasteiger partial charge in [0.2, 0.25) is 0 Å². The molecule has 2 aromatic rings. The maximum Gasteiger partial charge on any atom is 0.0999 e. The Labute approximate surface area is 103 Å². The van der Waals surface area contributed by atoms with Crippen LogP contribution < -0.4 is 0 Å². The van der Waals surface area contributed by atoms with E-state index >= 15 is 0 Å². The quantitative estimate of drug-likeness (QED) is 0.812. The van der Waals surface area contributed by atoms with E-state index < -0.39 is 0 Å². The van der Waals surface area contributed by atoms with Gasteiger partial charge in [0.1, 0.15) is 0 Å². The minimum Gasteiger partial charge on any atom is -0.379 e. The van der Waals surface area contributed by atoms with Gasteiger partial charge in [0.25, 0.3) is 0 Å². The number of hydrogen-bond donors (Lipinski definition) is 0. The van der Waals surface area contributed by atoms with Crippen molar-refractivity contribution in [3.8, 4) is 6.07 Å². The predicted molar refractivity (Wildman–Crippen MR) is 66.9 cm³/mol. The van der Waals surface area contributed by atoms with E-state index in [0.717, 1.165) is 29.1 Å². The Balaban J connectivity index is 2.05. The van der Waals surface area contributed by atoms with Crippen LogP contribution >= 0.6 is 11.8 Å². The number of pyridine rings is 1. The van der Waals surface area contributed by atoms with E-state index in [1.165, 1.54) is 0 Å². The third-order valence-electron chi connectivity index (χ3n) is 2.71. The Morgan fingerprint density at radius 2 is 2.18 bits per heavy atom. The lowest BCUT2D eigenvalue weighted by Crippen LogP contribution is -2.30. The fourth-order valence-electron chi connectivity index (χ4n) is 1.76. The van der Waals surface area contributed by atoms with Crippen LogP contribution in [0.4, 0.5) is 0 Å². The van der Waals surface area contributed by atoms with Crippen LogP contribution in [0.3, 0.4) is 0 Å². The second-order valence-corrected chi connectivity index (χ2v) is 5.23. The van der Waals surface area contributed by atoms with Crippen LogP contribution in [0.1, 0.15) is 5.56 Å². The first-order valence-electron chi connectivity index (χ1n) is 5.41. The van der Waals surface area contributed by atoms with E-state index in [-0.39, 0.29) is 0 Å². The number of benzene rings is 1. The first kappa shape index (κ1) is 10.6. The number of thioether (sulfide) groups is 1. The number of rotatable bonds is 2. The number of para-hydroxylation sites is 1. The molecule has 4 heteroatoms. The van der Waals surface area contributed by atoms with Crippen molar-refractivity contribution < 1.29 is 4.74 Å². The van der Waals surface area contributed by atoms with Crippen molar-refractivity contribution in [3.63, 3.8) is 0 Å². The van der Waals surface area contributed by atoms with E-state index in [0.29, 0.717) is 10.8 Å². The van der Waals surface area contributed by atoms with Gasteiger partial charge >= 0.3 is 0 Å². The van der Waals surface area contributed by atoms with Gasteiger partial charge < -0.3 is 4.74 Å². The van der Waals surface area contributed by atoms with E-state index in [4.69, 9.17) is 10.00 Å². The fourth-order valence-corrected chi connectivity index (χ4v) is 2.76. The highest BCUT2D eigenvalue weighted by Gasteiger charge is 2.20. The van der Waals surface area contributed by atoms with Gasteiger partial charge in [0.15, 0.2) is 0 Å². The second kappa shape index (κ2) is 4.36. The zero-order valence-electron chi connectivity index (χ0n) is 9.09. The summed E-state index contributed by atoms with van der Waals surface area (Å²) in [6.45, 7) is 1.56. The lowest BCUT2D eigenvalue weighted by Gasteiger charge is -2.24. The maximum atomic E-state index is 9.15. The molecule has 2 heterocycles. The molecule has 1 fully saturated rings. The minimum absolute atomic E-state index is 0.482. The SMILES string of the molecule is N#Cc1cc(SC2COC2)nc2ccccc12. The van der Waals surface area contributed by atoms with Gasteiger partial charge in [-0.05, 0) is 12.1 Å². The molecule has 3 nitrogen and oxygen atoms in total. The standard InChI is InChI=1S/C13H10N2OS/c14-6-9-5-13(17-10-7-16-8-10)15-12-4-2-1-3-11(9)12/h1-5,10H,7-8H2. The van der Waals surface area contributed by atoms with Crippen molar-refractivity contribution in [1.82, 2.24) is 4.98 Å². The lowest BCUT2D eigenvalue weighted by molar-refractivity contribution is 0.0455. The zero-order valence-corrected chi connectivity index (χ0v) is 9.91. The molecule has 0 N–H and O–H groups in total. The van der Waals surface area contributed by atoms with E-state index in [2.05, 4.69) is 11.1 Å². The summed E-state index contributed by atoms with van der Waals surface area (Å²) in [5.74, 6) is 0. The summed E-state index contributed by atoms with van der Waals surface area (Å²) in [5, 5.41) is 11.5. The normalized spacial score (nSPS) is 15.5. The van der Waals surface area contributed by atoms with Crippen LogP contribution in [0.15, 0.2) is 35.4 Å². The summed E-state index contributed by atoms with van der Waals surface area (Å²) in [7, 11) is 0. The average Bonchev–Trinajstić information content (AvgIpc) is 2.33. The molecule has 1 aromatic carbocycles. The van der Waals surface area contributed by atoms with E-state index in [1.54, 1.807) is 11.8 Å². The Bertz CT molecular complexity index is 602. The third kappa shape index (κ3) is 1.99. The Kier molecular flexibility index (Phi) is 2.71. The molecular formula is C13H10N2OS. The Morgan fingerprint density at radius 3 is 2.88 bits per heavy atom. The van der Waals surface area contributed by atoms with Gasteiger partial charge in [-0.15, -0.1) is 0 Å². The summed E-state index contributed by atoms with van der Waals surface area (Å²) in [6.07, 6.45) is 0. The maximum absolute atomic E-state index is 9.15. The zero-order chi connectivity index (χ0) is 11.7. The smallest absolute Gasteiger partial charge is 0.0999 e. The highest BCUT2D eigenvalue weighted by Crippen LogP contribution is 2.29. The van der Waals surface area contributed by atoms with Crippen molar-refractivity contribution >= 4 is 22.7 Å². The van der Waals surface area contributed by atoms with E-state index in [9.17, 15) is 0 Å². The molecule has 0 aliphatic carbocycles. The second-order valence-electron chi connectivity index (χ2n) is 3.91. The van der Waals surface area contributed by atoms with Gasteiger partial charge in [-0.25, -0.2) is 4.98 Å². The first-order valence-corrected chi connectivity index (χ1v) is 6.29. The predicted octanol–water partition coefficient (Wildman–Crippen LogP) is 2.60. The number of fused-ring (bicyclic) bond motifs is 1. The number of nitriles is 1. The van der Waals surface area contributed by atoms with Gasteiger partial charge in [-0.3, -0.25) is 0 Å². The molecule has 0 radical (unpaired) electrons. The van der Waals surface area contributed by atoms with Crippen LogP contribution in [0.2, 0.25) is 0 Å². The first-order chi connectivity index (χ1) is 8.36. The molecule has 0 spiro atoms. The molecule has 3 rings (SSSR count). The molecule has 1 aliphatic rings. The molecular weight excluding hydrogens is 232 g/mol. The van der Waals surface area contributed by atoms with Crippen molar-refractivity contribution in [3.05, 3.63) is 35.9 Å². The molecule has 0 saturated carbocycles. The summed E-state index contributed by atoms with van der Waals surface area (Å²) in [4.78, 5) is 4.56. The monoisotopic (exact) mass is 242 g/mol. The molecule has 1 aliphatic heterocycles. The van der Waals surface area contributed by atoms with Crippen LogP contribution in [0.5, 0.6) is 0 Å².